The summed E-state index contributed by atoms with van der Waals surface area (Å²) >= 11 is 1.32. The number of benzene rings is 2. The molecule has 5 rings (SSSR count). The zero-order chi connectivity index (χ0) is 24.4. The predicted molar refractivity (Wildman–Crippen MR) is 137 cm³/mol. The molecule has 9 heteroatoms. The van der Waals surface area contributed by atoms with Crippen molar-refractivity contribution in [3.63, 3.8) is 0 Å². The first-order valence-corrected chi connectivity index (χ1v) is 12.7. The van der Waals surface area contributed by atoms with E-state index >= 15 is 0 Å². The third-order valence-electron chi connectivity index (χ3n) is 7.62. The first-order chi connectivity index (χ1) is 17.0. The second-order valence-corrected chi connectivity index (χ2v) is 10.0. The lowest BCUT2D eigenvalue weighted by molar-refractivity contribution is 0.156. The topological polar surface area (TPSA) is 88.6 Å². The van der Waals surface area contributed by atoms with Crippen molar-refractivity contribution in [1.29, 1.82) is 0 Å². The number of nitrogens with one attached hydrogen (secondary N) is 2. The molecular formula is C26H31N5O3S. The van der Waals surface area contributed by atoms with Crippen LogP contribution in [0, 0.1) is 0 Å². The van der Waals surface area contributed by atoms with Crippen LogP contribution >= 0.6 is 11.5 Å². The number of hydrogen-bond acceptors (Lipinski definition) is 7. The molecule has 3 atom stereocenters. The van der Waals surface area contributed by atoms with E-state index in [4.69, 9.17) is 9.47 Å². The van der Waals surface area contributed by atoms with Gasteiger partial charge in [-0.2, -0.15) is 0 Å². The molecule has 1 saturated heterocycles. The van der Waals surface area contributed by atoms with E-state index in [9.17, 15) is 4.79 Å². The van der Waals surface area contributed by atoms with Gasteiger partial charge in [-0.25, -0.2) is 4.79 Å². The van der Waals surface area contributed by atoms with E-state index in [1.807, 2.05) is 35.7 Å². The minimum absolute atomic E-state index is 0.0589. The predicted octanol–water partition coefficient (Wildman–Crippen LogP) is 4.54. The van der Waals surface area contributed by atoms with Crippen molar-refractivity contribution in [1.82, 2.24) is 19.8 Å². The van der Waals surface area contributed by atoms with Gasteiger partial charge in [-0.3, -0.25) is 0 Å². The SMILES string of the molecule is COc1ccc([C@@]23CC[C@@H](NC(=O)Nc4ccc(-c5csnn5)cc4)C[C@@H]2N(C)CC3)cc1OC. The average Bonchev–Trinajstić information content (AvgIpc) is 3.53. The Hall–Kier alpha value is -3.17. The zero-order valence-corrected chi connectivity index (χ0v) is 21.1. The Morgan fingerprint density at radius 2 is 1.91 bits per heavy atom. The Balaban J connectivity index is 1.25. The van der Waals surface area contributed by atoms with Crippen molar-refractivity contribution in [2.24, 2.45) is 0 Å². The zero-order valence-electron chi connectivity index (χ0n) is 20.3. The highest BCUT2D eigenvalue weighted by atomic mass is 32.1. The summed E-state index contributed by atoms with van der Waals surface area (Å²) in [6.07, 6.45) is 3.96. The van der Waals surface area contributed by atoms with Gasteiger partial charge in [0.2, 0.25) is 0 Å². The highest BCUT2D eigenvalue weighted by molar-refractivity contribution is 7.03. The number of fused-ring (bicyclic) bond motifs is 1. The summed E-state index contributed by atoms with van der Waals surface area (Å²) in [6, 6.07) is 14.3. The van der Waals surface area contributed by atoms with Gasteiger partial charge in [-0.1, -0.05) is 22.7 Å². The summed E-state index contributed by atoms with van der Waals surface area (Å²) in [6.45, 7) is 1.04. The highest BCUT2D eigenvalue weighted by Gasteiger charge is 2.50. The van der Waals surface area contributed by atoms with Crippen LogP contribution in [0.25, 0.3) is 11.3 Å². The molecule has 2 N–H and O–H groups in total. The van der Waals surface area contributed by atoms with E-state index in [1.54, 1.807) is 14.2 Å². The Kier molecular flexibility index (Phi) is 6.62. The monoisotopic (exact) mass is 493 g/mol. The smallest absolute Gasteiger partial charge is 0.319 e. The third kappa shape index (κ3) is 4.58. The molecule has 0 bridgehead atoms. The molecule has 0 radical (unpaired) electrons. The van der Waals surface area contributed by atoms with E-state index in [1.165, 1.54) is 17.1 Å². The minimum Gasteiger partial charge on any atom is -0.493 e. The van der Waals surface area contributed by atoms with Gasteiger partial charge in [-0.15, -0.1) is 5.10 Å². The second kappa shape index (κ2) is 9.83. The average molecular weight is 494 g/mol. The van der Waals surface area contributed by atoms with Crippen molar-refractivity contribution in [3.8, 4) is 22.8 Å². The first kappa shape index (κ1) is 23.6. The highest BCUT2D eigenvalue weighted by Crippen LogP contribution is 2.49. The number of carbonyl (C=O) groups is 1. The van der Waals surface area contributed by atoms with Crippen LogP contribution in [0.3, 0.4) is 0 Å². The van der Waals surface area contributed by atoms with Gasteiger partial charge in [0.05, 0.1) is 14.2 Å². The molecule has 1 aromatic heterocycles. The normalized spacial score (nSPS) is 24.0. The maximum absolute atomic E-state index is 12.8. The maximum Gasteiger partial charge on any atom is 0.319 e. The number of aromatic nitrogens is 2. The van der Waals surface area contributed by atoms with E-state index < -0.39 is 0 Å². The summed E-state index contributed by atoms with van der Waals surface area (Å²) in [5.41, 5.74) is 3.92. The molecule has 2 heterocycles. The summed E-state index contributed by atoms with van der Waals surface area (Å²) in [5, 5.41) is 12.2. The lowest BCUT2D eigenvalue weighted by Gasteiger charge is -2.45. The largest absolute Gasteiger partial charge is 0.493 e. The summed E-state index contributed by atoms with van der Waals surface area (Å²) in [5.74, 6) is 1.52. The molecule has 1 aliphatic carbocycles. The van der Waals surface area contributed by atoms with Gasteiger partial charge in [0.1, 0.15) is 5.69 Å². The van der Waals surface area contributed by atoms with Crippen LogP contribution in [-0.2, 0) is 5.41 Å². The molecule has 0 unspecified atom stereocenters. The second-order valence-electron chi connectivity index (χ2n) is 9.41. The minimum atomic E-state index is -0.169. The maximum atomic E-state index is 12.8. The molecule has 8 nitrogen and oxygen atoms in total. The van der Waals surface area contributed by atoms with Crippen molar-refractivity contribution < 1.29 is 14.3 Å². The van der Waals surface area contributed by atoms with Crippen molar-refractivity contribution >= 4 is 23.3 Å². The number of methoxy groups -OCH3 is 2. The van der Waals surface area contributed by atoms with Crippen LogP contribution < -0.4 is 20.1 Å². The summed E-state index contributed by atoms with van der Waals surface area (Å²) in [7, 11) is 5.53. The molecule has 2 aromatic carbocycles. The molecule has 2 fully saturated rings. The summed E-state index contributed by atoms with van der Waals surface area (Å²) in [4.78, 5) is 15.2. The Bertz CT molecular complexity index is 1170. The fourth-order valence-electron chi connectivity index (χ4n) is 5.76. The van der Waals surface area contributed by atoms with Crippen LogP contribution in [0.5, 0.6) is 11.5 Å². The van der Waals surface area contributed by atoms with Crippen LogP contribution in [0.4, 0.5) is 10.5 Å². The molecule has 2 amide bonds. The first-order valence-electron chi connectivity index (χ1n) is 11.9. The lowest BCUT2D eigenvalue weighted by Crippen LogP contribution is -2.52. The summed E-state index contributed by atoms with van der Waals surface area (Å²) < 4.78 is 14.9. The van der Waals surface area contributed by atoms with Gasteiger partial charge in [-0.05, 0) is 80.6 Å². The van der Waals surface area contributed by atoms with Gasteiger partial charge in [0, 0.05) is 34.1 Å². The number of anilines is 1. The number of hydrogen-bond donors (Lipinski definition) is 2. The number of ether oxygens (including phenoxy) is 2. The van der Waals surface area contributed by atoms with Crippen LogP contribution in [0.2, 0.25) is 0 Å². The molecule has 1 aliphatic heterocycles. The molecular weight excluding hydrogens is 462 g/mol. The van der Waals surface area contributed by atoms with E-state index in [2.05, 4.69) is 44.3 Å². The third-order valence-corrected chi connectivity index (χ3v) is 8.12. The fourth-order valence-corrected chi connectivity index (χ4v) is 6.23. The van der Waals surface area contributed by atoms with Crippen LogP contribution in [0.1, 0.15) is 31.2 Å². The van der Waals surface area contributed by atoms with E-state index in [-0.39, 0.29) is 17.5 Å². The van der Waals surface area contributed by atoms with Crippen molar-refractivity contribution in [2.45, 2.75) is 43.2 Å². The molecule has 0 spiro atoms. The lowest BCUT2D eigenvalue weighted by atomic mass is 9.65. The van der Waals surface area contributed by atoms with E-state index in [0.717, 1.165) is 60.7 Å². The molecule has 184 valence electrons. The molecule has 3 aromatic rings. The standard InChI is InChI=1S/C26H31N5O3S/c1-31-13-12-26(18-6-9-22(33-2)23(14-18)34-3)11-10-20(15-24(26)31)28-25(32)27-19-7-4-17(5-8-19)21-16-35-30-29-21/h4-9,14,16,20,24H,10-13,15H2,1-3H3,(H2,27,28,32)/t20-,24+,26+/m1/s1. The number of likely N-dealkylation sites (N-methyl/N-ethyl adjacent to an activating group) is 1. The van der Waals surface area contributed by atoms with E-state index in [0.29, 0.717) is 6.04 Å². The van der Waals surface area contributed by atoms with Crippen molar-refractivity contribution in [2.75, 3.05) is 33.1 Å². The fraction of sp³-hybridized carbons (Fsp3) is 0.423. The Labute approximate surface area is 209 Å². The van der Waals surface area contributed by atoms with Gasteiger partial charge in [0.15, 0.2) is 11.5 Å². The van der Waals surface area contributed by atoms with Crippen molar-refractivity contribution in [3.05, 3.63) is 53.4 Å². The molecule has 2 aliphatic rings. The van der Waals surface area contributed by atoms with Gasteiger partial charge < -0.3 is 25.0 Å². The number of urea groups is 1. The number of rotatable bonds is 6. The van der Waals surface area contributed by atoms with Gasteiger partial charge >= 0.3 is 6.03 Å². The van der Waals surface area contributed by atoms with Crippen LogP contribution in [0.15, 0.2) is 47.8 Å². The van der Waals surface area contributed by atoms with Gasteiger partial charge in [0.25, 0.3) is 0 Å². The number of nitrogens with zero attached hydrogens (tertiary/aromatic N) is 3. The Morgan fingerprint density at radius 3 is 2.63 bits per heavy atom. The number of carbonyl (C=O) groups excluding carboxylic acids is 1. The quantitative estimate of drug-likeness (QED) is 0.524. The number of likely N-dealkylation sites (tertiary alicyclic amines) is 1. The molecule has 1 saturated carbocycles. The number of amides is 2. The van der Waals surface area contributed by atoms with Crippen LogP contribution in [-0.4, -0.2) is 60.4 Å². The Morgan fingerprint density at radius 1 is 1.11 bits per heavy atom. The molecule has 35 heavy (non-hydrogen) atoms.